The summed E-state index contributed by atoms with van der Waals surface area (Å²) in [4.78, 5) is 2.03. The molecule has 0 unspecified atom stereocenters. The van der Waals surface area contributed by atoms with E-state index in [4.69, 9.17) is 4.42 Å². The van der Waals surface area contributed by atoms with E-state index in [9.17, 15) is 5.11 Å². The van der Waals surface area contributed by atoms with E-state index in [1.807, 2.05) is 35.2 Å². The molecule has 0 spiro atoms. The molecular weight excluding hydrogens is 242 g/mol. The SMILES string of the molecule is OCCN(Cc1nnc(C2CC2)o1)c1ccccc1. The van der Waals surface area contributed by atoms with Crippen molar-refractivity contribution in [2.45, 2.75) is 25.3 Å². The number of anilines is 1. The lowest BCUT2D eigenvalue weighted by atomic mass is 10.3. The van der Waals surface area contributed by atoms with E-state index in [2.05, 4.69) is 10.2 Å². The zero-order chi connectivity index (χ0) is 13.1. The van der Waals surface area contributed by atoms with Crippen LogP contribution in [0.1, 0.15) is 30.5 Å². The van der Waals surface area contributed by atoms with Crippen LogP contribution in [-0.2, 0) is 6.54 Å². The maximum atomic E-state index is 9.17. The van der Waals surface area contributed by atoms with Crippen LogP contribution in [0.4, 0.5) is 5.69 Å². The Morgan fingerprint density at radius 1 is 1.21 bits per heavy atom. The number of hydrogen-bond acceptors (Lipinski definition) is 5. The van der Waals surface area contributed by atoms with Gasteiger partial charge in [-0.2, -0.15) is 0 Å². The molecule has 0 aliphatic heterocycles. The third kappa shape index (κ3) is 2.93. The van der Waals surface area contributed by atoms with Gasteiger partial charge in [0, 0.05) is 18.2 Å². The first-order chi connectivity index (χ1) is 9.36. The molecule has 1 saturated carbocycles. The predicted octanol–water partition coefficient (Wildman–Crippen LogP) is 1.95. The molecule has 5 nitrogen and oxygen atoms in total. The first-order valence-corrected chi connectivity index (χ1v) is 6.60. The van der Waals surface area contributed by atoms with Gasteiger partial charge in [0.05, 0.1) is 13.2 Å². The van der Waals surface area contributed by atoms with Crippen molar-refractivity contribution in [2.75, 3.05) is 18.1 Å². The fraction of sp³-hybridized carbons (Fsp3) is 0.429. The summed E-state index contributed by atoms with van der Waals surface area (Å²) in [7, 11) is 0. The molecule has 0 atom stereocenters. The first kappa shape index (κ1) is 12.2. The molecule has 100 valence electrons. The largest absolute Gasteiger partial charge is 0.423 e. The summed E-state index contributed by atoms with van der Waals surface area (Å²) in [5, 5.41) is 17.3. The van der Waals surface area contributed by atoms with E-state index >= 15 is 0 Å². The average molecular weight is 259 g/mol. The van der Waals surface area contributed by atoms with Gasteiger partial charge in [0.15, 0.2) is 0 Å². The van der Waals surface area contributed by atoms with Crippen LogP contribution >= 0.6 is 0 Å². The molecule has 1 N–H and O–H groups in total. The van der Waals surface area contributed by atoms with Crippen LogP contribution in [0.3, 0.4) is 0 Å². The summed E-state index contributed by atoms with van der Waals surface area (Å²) in [5.41, 5.74) is 1.04. The Hall–Kier alpha value is -1.88. The Morgan fingerprint density at radius 3 is 2.68 bits per heavy atom. The van der Waals surface area contributed by atoms with Gasteiger partial charge in [0.1, 0.15) is 0 Å². The summed E-state index contributed by atoms with van der Waals surface area (Å²) in [6, 6.07) is 9.94. The Kier molecular flexibility index (Phi) is 3.46. The lowest BCUT2D eigenvalue weighted by Crippen LogP contribution is -2.26. The molecular formula is C14H17N3O2. The minimum absolute atomic E-state index is 0.0957. The zero-order valence-corrected chi connectivity index (χ0v) is 10.7. The summed E-state index contributed by atoms with van der Waals surface area (Å²) in [6.45, 7) is 1.17. The van der Waals surface area contributed by atoms with Crippen molar-refractivity contribution < 1.29 is 9.52 Å². The van der Waals surface area contributed by atoms with Crippen molar-refractivity contribution in [1.29, 1.82) is 0 Å². The van der Waals surface area contributed by atoms with Crippen LogP contribution in [0, 0.1) is 0 Å². The fourth-order valence-corrected chi connectivity index (χ4v) is 2.05. The van der Waals surface area contributed by atoms with Gasteiger partial charge in [-0.05, 0) is 25.0 Å². The number of hydrogen-bond donors (Lipinski definition) is 1. The quantitative estimate of drug-likeness (QED) is 0.859. The van der Waals surface area contributed by atoms with Crippen molar-refractivity contribution in [3.63, 3.8) is 0 Å². The van der Waals surface area contributed by atoms with E-state index in [0.29, 0.717) is 24.9 Å². The summed E-state index contributed by atoms with van der Waals surface area (Å²) < 4.78 is 5.66. The van der Waals surface area contributed by atoms with Gasteiger partial charge in [0.25, 0.3) is 0 Å². The van der Waals surface area contributed by atoms with Crippen LogP contribution in [0.15, 0.2) is 34.7 Å². The maximum Gasteiger partial charge on any atom is 0.235 e. The molecule has 0 saturated heterocycles. The van der Waals surface area contributed by atoms with E-state index in [0.717, 1.165) is 24.4 Å². The second-order valence-electron chi connectivity index (χ2n) is 4.79. The molecule has 0 bridgehead atoms. The number of nitrogens with zero attached hydrogens (tertiary/aromatic N) is 3. The van der Waals surface area contributed by atoms with Gasteiger partial charge in [-0.1, -0.05) is 18.2 Å². The highest BCUT2D eigenvalue weighted by molar-refractivity contribution is 5.45. The van der Waals surface area contributed by atoms with Crippen molar-refractivity contribution >= 4 is 5.69 Å². The van der Waals surface area contributed by atoms with E-state index in [1.54, 1.807) is 0 Å². The molecule has 3 rings (SSSR count). The predicted molar refractivity (Wildman–Crippen MR) is 70.9 cm³/mol. The lowest BCUT2D eigenvalue weighted by Gasteiger charge is -2.21. The highest BCUT2D eigenvalue weighted by Gasteiger charge is 2.29. The molecule has 0 amide bonds. The number of aliphatic hydroxyl groups excluding tert-OH is 1. The summed E-state index contributed by atoms with van der Waals surface area (Å²) in [6.07, 6.45) is 2.31. The number of benzene rings is 1. The third-order valence-corrected chi connectivity index (χ3v) is 3.23. The molecule has 1 heterocycles. The van der Waals surface area contributed by atoms with Gasteiger partial charge >= 0.3 is 0 Å². The van der Waals surface area contributed by atoms with Gasteiger partial charge in [0.2, 0.25) is 11.8 Å². The Balaban J connectivity index is 1.73. The standard InChI is InChI=1S/C14H17N3O2/c18-9-8-17(12-4-2-1-3-5-12)10-13-15-16-14(19-13)11-6-7-11/h1-5,11,18H,6-10H2. The summed E-state index contributed by atoms with van der Waals surface area (Å²) >= 11 is 0. The average Bonchev–Trinajstić information content (AvgIpc) is 3.20. The van der Waals surface area contributed by atoms with Crippen LogP contribution in [0.25, 0.3) is 0 Å². The Morgan fingerprint density at radius 2 is 2.00 bits per heavy atom. The first-order valence-electron chi connectivity index (χ1n) is 6.60. The molecule has 1 fully saturated rings. The van der Waals surface area contributed by atoms with Gasteiger partial charge in [-0.25, -0.2) is 0 Å². The second-order valence-corrected chi connectivity index (χ2v) is 4.79. The molecule has 1 aromatic carbocycles. The third-order valence-electron chi connectivity index (χ3n) is 3.23. The molecule has 0 radical (unpaired) electrons. The number of aromatic nitrogens is 2. The maximum absolute atomic E-state index is 9.17. The fourth-order valence-electron chi connectivity index (χ4n) is 2.05. The lowest BCUT2D eigenvalue weighted by molar-refractivity contribution is 0.299. The van der Waals surface area contributed by atoms with Gasteiger partial charge in [-0.15, -0.1) is 10.2 Å². The minimum atomic E-state index is 0.0957. The van der Waals surface area contributed by atoms with Crippen LogP contribution in [0.5, 0.6) is 0 Å². The van der Waals surface area contributed by atoms with E-state index < -0.39 is 0 Å². The smallest absolute Gasteiger partial charge is 0.235 e. The topological polar surface area (TPSA) is 62.4 Å². The molecule has 2 aromatic rings. The number of rotatable bonds is 6. The van der Waals surface area contributed by atoms with Crippen LogP contribution < -0.4 is 4.90 Å². The molecule has 19 heavy (non-hydrogen) atoms. The molecule has 1 aliphatic rings. The molecule has 5 heteroatoms. The van der Waals surface area contributed by atoms with Gasteiger partial charge in [-0.3, -0.25) is 0 Å². The van der Waals surface area contributed by atoms with Gasteiger partial charge < -0.3 is 14.4 Å². The van der Waals surface area contributed by atoms with Crippen molar-refractivity contribution in [3.8, 4) is 0 Å². The second kappa shape index (κ2) is 5.40. The Labute approximate surface area is 111 Å². The summed E-state index contributed by atoms with van der Waals surface area (Å²) in [5.74, 6) is 1.84. The van der Waals surface area contributed by atoms with Crippen LogP contribution in [0.2, 0.25) is 0 Å². The van der Waals surface area contributed by atoms with Crippen molar-refractivity contribution in [2.24, 2.45) is 0 Å². The highest BCUT2D eigenvalue weighted by Crippen LogP contribution is 2.39. The van der Waals surface area contributed by atoms with E-state index in [-0.39, 0.29) is 6.61 Å². The monoisotopic (exact) mass is 259 g/mol. The molecule has 1 aromatic heterocycles. The number of aliphatic hydroxyl groups is 1. The Bertz CT molecular complexity index is 522. The molecule has 1 aliphatic carbocycles. The normalized spacial score (nSPS) is 14.6. The van der Waals surface area contributed by atoms with E-state index in [1.165, 1.54) is 0 Å². The number of para-hydroxylation sites is 1. The minimum Gasteiger partial charge on any atom is -0.423 e. The zero-order valence-electron chi connectivity index (χ0n) is 10.7. The van der Waals surface area contributed by atoms with Crippen LogP contribution in [-0.4, -0.2) is 28.5 Å². The van der Waals surface area contributed by atoms with Crippen molar-refractivity contribution in [3.05, 3.63) is 42.1 Å². The highest BCUT2D eigenvalue weighted by atomic mass is 16.4. The van der Waals surface area contributed by atoms with Crippen molar-refractivity contribution in [1.82, 2.24) is 10.2 Å².